The molecule has 1 heterocycles. The van der Waals surface area contributed by atoms with Gasteiger partial charge in [0.05, 0.1) is 0 Å². The number of carbonyl (C=O) groups is 2. The molecule has 0 spiro atoms. The summed E-state index contributed by atoms with van der Waals surface area (Å²) in [4.78, 5) is 26.5. The minimum absolute atomic E-state index is 0.0966. The molecule has 28 heavy (non-hydrogen) atoms. The zero-order valence-corrected chi connectivity index (χ0v) is 18.3. The highest BCUT2D eigenvalue weighted by Gasteiger charge is 2.27. The van der Waals surface area contributed by atoms with Gasteiger partial charge in [0.15, 0.2) is 0 Å². The molecule has 1 aromatic rings. The number of amides is 3. The molecular weight excluding hydrogens is 370 g/mol. The molecule has 0 unspecified atom stereocenters. The highest BCUT2D eigenvalue weighted by atomic mass is 32.2. The zero-order valence-electron chi connectivity index (χ0n) is 17.5. The molecule has 3 amide bonds. The summed E-state index contributed by atoms with van der Waals surface area (Å²) in [5.74, 6) is 2.28. The van der Waals surface area contributed by atoms with Gasteiger partial charge in [-0.2, -0.15) is 11.8 Å². The Morgan fingerprint density at radius 1 is 1.14 bits per heavy atom. The van der Waals surface area contributed by atoms with Crippen molar-refractivity contribution in [1.29, 1.82) is 0 Å². The Morgan fingerprint density at radius 3 is 2.39 bits per heavy atom. The minimum atomic E-state index is -0.0966. The molecule has 0 saturated carbocycles. The number of urea groups is 1. The van der Waals surface area contributed by atoms with Crippen molar-refractivity contribution in [3.63, 3.8) is 0 Å². The topological polar surface area (TPSA) is 61.4 Å². The molecule has 0 radical (unpaired) electrons. The third-order valence-electron chi connectivity index (χ3n) is 5.40. The maximum atomic E-state index is 12.4. The normalized spacial score (nSPS) is 14.9. The van der Waals surface area contributed by atoms with E-state index >= 15 is 0 Å². The van der Waals surface area contributed by atoms with Gasteiger partial charge in [0, 0.05) is 43.1 Å². The van der Waals surface area contributed by atoms with Crippen LogP contribution in [-0.4, -0.2) is 48.3 Å². The van der Waals surface area contributed by atoms with E-state index in [1.165, 1.54) is 11.1 Å². The summed E-state index contributed by atoms with van der Waals surface area (Å²) < 4.78 is 0. The van der Waals surface area contributed by atoms with E-state index in [9.17, 15) is 9.59 Å². The van der Waals surface area contributed by atoms with Gasteiger partial charge in [-0.05, 0) is 38.2 Å². The number of nitrogens with zero attached hydrogens (tertiary/aromatic N) is 1. The highest BCUT2D eigenvalue weighted by Crippen LogP contribution is 2.17. The quantitative estimate of drug-likeness (QED) is 0.612. The van der Waals surface area contributed by atoms with E-state index in [1.807, 2.05) is 16.7 Å². The fourth-order valence-corrected chi connectivity index (χ4v) is 4.31. The highest BCUT2D eigenvalue weighted by molar-refractivity contribution is 7.98. The lowest BCUT2D eigenvalue weighted by atomic mass is 9.98. The van der Waals surface area contributed by atoms with Gasteiger partial charge in [-0.3, -0.25) is 4.79 Å². The van der Waals surface area contributed by atoms with Crippen LogP contribution in [0.2, 0.25) is 0 Å². The second kappa shape index (κ2) is 12.0. The average Bonchev–Trinajstić information content (AvgIpc) is 2.70. The Bertz CT molecular complexity index is 609. The molecule has 1 aliphatic rings. The van der Waals surface area contributed by atoms with Gasteiger partial charge in [-0.1, -0.05) is 43.7 Å². The van der Waals surface area contributed by atoms with Gasteiger partial charge >= 0.3 is 6.03 Å². The van der Waals surface area contributed by atoms with E-state index in [4.69, 9.17) is 0 Å². The number of aryl methyl sites for hydroxylation is 1. The van der Waals surface area contributed by atoms with E-state index in [2.05, 4.69) is 55.7 Å². The largest absolute Gasteiger partial charge is 0.342 e. The Kier molecular flexibility index (Phi) is 9.68. The molecule has 1 aromatic carbocycles. The summed E-state index contributed by atoms with van der Waals surface area (Å²) in [6.45, 7) is 8.38. The van der Waals surface area contributed by atoms with Crippen LogP contribution in [0.15, 0.2) is 24.3 Å². The summed E-state index contributed by atoms with van der Waals surface area (Å²) in [5, 5.41) is 6.00. The number of nitrogens with one attached hydrogen (secondary N) is 2. The summed E-state index contributed by atoms with van der Waals surface area (Å²) in [5.41, 5.74) is 2.59. The number of piperidine rings is 1. The average molecular weight is 406 g/mol. The van der Waals surface area contributed by atoms with Gasteiger partial charge in [0.1, 0.15) is 0 Å². The van der Waals surface area contributed by atoms with Crippen molar-refractivity contribution in [1.82, 2.24) is 15.5 Å². The van der Waals surface area contributed by atoms with Gasteiger partial charge in [0.25, 0.3) is 0 Å². The molecule has 6 heteroatoms. The van der Waals surface area contributed by atoms with Crippen molar-refractivity contribution in [2.24, 2.45) is 5.92 Å². The lowest BCUT2D eigenvalue weighted by molar-refractivity contribution is -0.136. The van der Waals surface area contributed by atoms with E-state index in [0.29, 0.717) is 6.54 Å². The molecule has 1 fully saturated rings. The molecule has 0 atom stereocenters. The van der Waals surface area contributed by atoms with Crippen LogP contribution in [0.25, 0.3) is 0 Å². The Hall–Kier alpha value is -1.69. The zero-order chi connectivity index (χ0) is 20.4. The molecular formula is C22H35N3O2S. The van der Waals surface area contributed by atoms with Gasteiger partial charge in [-0.15, -0.1) is 0 Å². The van der Waals surface area contributed by atoms with Gasteiger partial charge in [0.2, 0.25) is 5.91 Å². The molecule has 1 saturated heterocycles. The molecule has 0 bridgehead atoms. The molecule has 2 N–H and O–H groups in total. The third kappa shape index (κ3) is 7.38. The monoisotopic (exact) mass is 405 g/mol. The number of rotatable bonds is 9. The first-order valence-electron chi connectivity index (χ1n) is 10.5. The fraction of sp³-hybridized carbons (Fsp3) is 0.636. The smallest absolute Gasteiger partial charge is 0.315 e. The predicted octanol–water partition coefficient (Wildman–Crippen LogP) is 3.95. The van der Waals surface area contributed by atoms with Crippen LogP contribution in [0, 0.1) is 12.8 Å². The Balaban J connectivity index is 1.57. The van der Waals surface area contributed by atoms with E-state index in [-0.39, 0.29) is 23.9 Å². The fourth-order valence-electron chi connectivity index (χ4n) is 3.49. The third-order valence-corrected chi connectivity index (χ3v) is 6.43. The van der Waals surface area contributed by atoms with Crippen LogP contribution in [0.1, 0.15) is 50.7 Å². The SMILES string of the molecule is CCC(CC)C(=O)N1CCC(NC(=O)NCCSCc2ccc(C)cc2)CC1. The summed E-state index contributed by atoms with van der Waals surface area (Å²) in [6.07, 6.45) is 3.47. The first-order valence-corrected chi connectivity index (χ1v) is 11.6. The second-order valence-corrected chi connectivity index (χ2v) is 8.66. The minimum Gasteiger partial charge on any atom is -0.342 e. The number of likely N-dealkylation sites (tertiary alicyclic amines) is 1. The van der Waals surface area contributed by atoms with E-state index in [1.54, 1.807) is 0 Å². The van der Waals surface area contributed by atoms with Crippen molar-refractivity contribution in [3.05, 3.63) is 35.4 Å². The van der Waals surface area contributed by atoms with E-state index < -0.39 is 0 Å². The molecule has 1 aliphatic heterocycles. The maximum absolute atomic E-state index is 12.4. The molecule has 0 aliphatic carbocycles. The van der Waals surface area contributed by atoms with Crippen molar-refractivity contribution in [2.75, 3.05) is 25.4 Å². The molecule has 0 aromatic heterocycles. The summed E-state index contributed by atoms with van der Waals surface area (Å²) >= 11 is 1.82. The van der Waals surface area contributed by atoms with Crippen LogP contribution in [-0.2, 0) is 10.5 Å². The lowest BCUT2D eigenvalue weighted by Gasteiger charge is -2.34. The Labute approximate surface area is 174 Å². The molecule has 5 nitrogen and oxygen atoms in total. The number of benzene rings is 1. The standard InChI is InChI=1S/C22H35N3O2S/c1-4-19(5-2)21(26)25-13-10-20(11-14-25)24-22(27)23-12-15-28-16-18-8-6-17(3)7-9-18/h6-9,19-20H,4-5,10-16H2,1-3H3,(H2,23,24,27). The van der Waals surface area contributed by atoms with Crippen LogP contribution >= 0.6 is 11.8 Å². The number of carbonyl (C=O) groups excluding carboxylic acids is 2. The first kappa shape index (κ1) is 22.6. The van der Waals surface area contributed by atoms with Crippen LogP contribution in [0.5, 0.6) is 0 Å². The maximum Gasteiger partial charge on any atom is 0.315 e. The van der Waals surface area contributed by atoms with Gasteiger partial charge < -0.3 is 15.5 Å². The van der Waals surface area contributed by atoms with Crippen molar-refractivity contribution in [2.45, 2.75) is 58.2 Å². The predicted molar refractivity (Wildman–Crippen MR) is 118 cm³/mol. The summed E-state index contributed by atoms with van der Waals surface area (Å²) in [6, 6.07) is 8.63. The van der Waals surface area contributed by atoms with Crippen LogP contribution in [0.3, 0.4) is 0 Å². The molecule has 156 valence electrons. The Morgan fingerprint density at radius 2 is 1.79 bits per heavy atom. The number of hydrogen-bond acceptors (Lipinski definition) is 3. The molecule has 2 rings (SSSR count). The van der Waals surface area contributed by atoms with Crippen molar-refractivity contribution in [3.8, 4) is 0 Å². The summed E-state index contributed by atoms with van der Waals surface area (Å²) in [7, 11) is 0. The van der Waals surface area contributed by atoms with Crippen LogP contribution in [0.4, 0.5) is 4.79 Å². The van der Waals surface area contributed by atoms with Crippen molar-refractivity contribution >= 4 is 23.7 Å². The van der Waals surface area contributed by atoms with Crippen LogP contribution < -0.4 is 10.6 Å². The van der Waals surface area contributed by atoms with Crippen molar-refractivity contribution < 1.29 is 9.59 Å². The van der Waals surface area contributed by atoms with Gasteiger partial charge in [-0.25, -0.2) is 4.79 Å². The van der Waals surface area contributed by atoms with E-state index in [0.717, 1.165) is 50.3 Å². The lowest BCUT2D eigenvalue weighted by Crippen LogP contribution is -2.50. The first-order chi connectivity index (χ1) is 13.5. The number of thioether (sulfide) groups is 1. The number of hydrogen-bond donors (Lipinski definition) is 2. The second-order valence-electron chi connectivity index (χ2n) is 7.55.